The number of rotatable bonds is 10. The van der Waals surface area contributed by atoms with Gasteiger partial charge >= 0.3 is 0 Å². The van der Waals surface area contributed by atoms with Crippen molar-refractivity contribution < 1.29 is 18.3 Å². The topological polar surface area (TPSA) is 105 Å². The Morgan fingerprint density at radius 2 is 2.00 bits per heavy atom. The molecule has 1 saturated heterocycles. The number of ether oxygens (including phenoxy) is 1. The van der Waals surface area contributed by atoms with E-state index in [4.69, 9.17) is 9.72 Å². The summed E-state index contributed by atoms with van der Waals surface area (Å²) in [4.78, 5) is 9.20. The Morgan fingerprint density at radius 3 is 2.75 bits per heavy atom. The lowest BCUT2D eigenvalue weighted by Gasteiger charge is -2.33. The van der Waals surface area contributed by atoms with Crippen LogP contribution in [0.4, 0.5) is 0 Å². The molecule has 1 aliphatic heterocycles. The van der Waals surface area contributed by atoms with Gasteiger partial charge < -0.3 is 15.2 Å². The lowest BCUT2D eigenvalue weighted by molar-refractivity contribution is 0.262. The fourth-order valence-electron chi connectivity index (χ4n) is 4.61. The summed E-state index contributed by atoms with van der Waals surface area (Å²) in [6.45, 7) is 1.95. The first-order valence-corrected chi connectivity index (χ1v) is 14.1. The van der Waals surface area contributed by atoms with Gasteiger partial charge in [0.1, 0.15) is 5.82 Å². The molecule has 2 aromatic carbocycles. The third-order valence-electron chi connectivity index (χ3n) is 6.48. The second kappa shape index (κ2) is 11.8. The monoisotopic (exact) mass is 510 g/mol. The van der Waals surface area contributed by atoms with Gasteiger partial charge in [0.15, 0.2) is 11.5 Å². The van der Waals surface area contributed by atoms with Gasteiger partial charge in [0.05, 0.1) is 19.1 Å². The van der Waals surface area contributed by atoms with Crippen molar-refractivity contribution in [3.05, 3.63) is 71.7 Å². The summed E-state index contributed by atoms with van der Waals surface area (Å²) in [6, 6.07) is 15.2. The summed E-state index contributed by atoms with van der Waals surface area (Å²) in [5.41, 5.74) is 3.77. The maximum atomic E-state index is 12.5. The number of phenols is 1. The molecule has 0 aliphatic carbocycles. The van der Waals surface area contributed by atoms with Crippen molar-refractivity contribution in [1.82, 2.24) is 19.6 Å². The zero-order chi connectivity index (χ0) is 25.5. The number of phenolic OH excluding ortho intramolecular Hbond substituents is 1. The standard InChI is InChI=1S/C27H34N4O4S/c1-35-26-17-20(11-12-25(26)32)6-4-10-27-29-15-13-24(30-27)22-8-3-7-21(16-22)19-31(36(2,33)34)23-9-5-14-28-18-23/h3,7-8,11-13,15-17,23,28,32H,4-6,9-10,14,18-19H2,1-2H3. The maximum Gasteiger partial charge on any atom is 0.211 e. The molecule has 3 aromatic rings. The molecule has 0 spiro atoms. The van der Waals surface area contributed by atoms with Gasteiger partial charge in [-0.1, -0.05) is 24.3 Å². The Labute approximate surface area is 213 Å². The molecule has 8 nitrogen and oxygen atoms in total. The SMILES string of the molecule is COc1cc(CCCc2nccc(-c3cccc(CN(C4CCCNC4)S(C)(=O)=O)c3)n2)ccc1O. The number of hydrogen-bond acceptors (Lipinski definition) is 7. The number of aromatic nitrogens is 2. The number of methoxy groups -OCH3 is 1. The minimum atomic E-state index is -3.34. The highest BCUT2D eigenvalue weighted by Crippen LogP contribution is 2.27. The second-order valence-electron chi connectivity index (χ2n) is 9.23. The number of nitrogens with one attached hydrogen (secondary N) is 1. The van der Waals surface area contributed by atoms with Crippen LogP contribution >= 0.6 is 0 Å². The minimum Gasteiger partial charge on any atom is -0.504 e. The normalized spacial score (nSPS) is 16.2. The number of hydrogen-bond donors (Lipinski definition) is 2. The van der Waals surface area contributed by atoms with Crippen molar-refractivity contribution in [2.24, 2.45) is 0 Å². The molecule has 0 amide bonds. The first-order chi connectivity index (χ1) is 17.3. The van der Waals surface area contributed by atoms with Crippen LogP contribution in [0.15, 0.2) is 54.7 Å². The number of benzene rings is 2. The molecule has 1 unspecified atom stereocenters. The van der Waals surface area contributed by atoms with Gasteiger partial charge in [0.25, 0.3) is 0 Å². The van der Waals surface area contributed by atoms with E-state index in [-0.39, 0.29) is 11.8 Å². The number of aryl methyl sites for hydroxylation is 2. The summed E-state index contributed by atoms with van der Waals surface area (Å²) in [7, 11) is -1.80. The highest BCUT2D eigenvalue weighted by molar-refractivity contribution is 7.88. The van der Waals surface area contributed by atoms with Gasteiger partial charge in [-0.05, 0) is 67.6 Å². The van der Waals surface area contributed by atoms with E-state index < -0.39 is 10.0 Å². The predicted molar refractivity (Wildman–Crippen MR) is 140 cm³/mol. The van der Waals surface area contributed by atoms with E-state index in [1.165, 1.54) is 6.26 Å². The summed E-state index contributed by atoms with van der Waals surface area (Å²) in [5.74, 6) is 1.36. The lowest BCUT2D eigenvalue weighted by Crippen LogP contribution is -2.47. The van der Waals surface area contributed by atoms with Crippen molar-refractivity contribution in [2.75, 3.05) is 26.5 Å². The van der Waals surface area contributed by atoms with Crippen LogP contribution in [0, 0.1) is 0 Å². The third kappa shape index (κ3) is 6.81. The lowest BCUT2D eigenvalue weighted by atomic mass is 10.0. The highest BCUT2D eigenvalue weighted by Gasteiger charge is 2.28. The smallest absolute Gasteiger partial charge is 0.211 e. The van der Waals surface area contributed by atoms with Crippen LogP contribution in [0.25, 0.3) is 11.3 Å². The Morgan fingerprint density at radius 1 is 1.14 bits per heavy atom. The van der Waals surface area contributed by atoms with Crippen molar-refractivity contribution in [2.45, 2.75) is 44.7 Å². The fraction of sp³-hybridized carbons (Fsp3) is 0.407. The molecule has 36 heavy (non-hydrogen) atoms. The molecular weight excluding hydrogens is 476 g/mol. The van der Waals surface area contributed by atoms with Crippen LogP contribution in [-0.2, 0) is 29.4 Å². The number of nitrogens with zero attached hydrogens (tertiary/aromatic N) is 3. The second-order valence-corrected chi connectivity index (χ2v) is 11.2. The van der Waals surface area contributed by atoms with E-state index >= 15 is 0 Å². The predicted octanol–water partition coefficient (Wildman–Crippen LogP) is 3.55. The molecule has 0 saturated carbocycles. The van der Waals surface area contributed by atoms with Crippen molar-refractivity contribution in [1.29, 1.82) is 0 Å². The van der Waals surface area contributed by atoms with E-state index in [1.54, 1.807) is 23.7 Å². The van der Waals surface area contributed by atoms with Crippen LogP contribution in [0.3, 0.4) is 0 Å². The van der Waals surface area contributed by atoms with E-state index in [1.807, 2.05) is 42.5 Å². The summed E-state index contributed by atoms with van der Waals surface area (Å²) in [5, 5.41) is 13.1. The van der Waals surface area contributed by atoms with Crippen molar-refractivity contribution >= 4 is 10.0 Å². The molecule has 0 bridgehead atoms. The molecule has 1 fully saturated rings. The molecule has 1 aliphatic rings. The number of sulfonamides is 1. The molecule has 1 atom stereocenters. The zero-order valence-electron chi connectivity index (χ0n) is 20.9. The average molecular weight is 511 g/mol. The Kier molecular flexibility index (Phi) is 8.56. The van der Waals surface area contributed by atoms with Gasteiger partial charge in [-0.25, -0.2) is 18.4 Å². The largest absolute Gasteiger partial charge is 0.504 e. The summed E-state index contributed by atoms with van der Waals surface area (Å²) in [6.07, 6.45) is 7.29. The van der Waals surface area contributed by atoms with Crippen molar-refractivity contribution in [3.8, 4) is 22.8 Å². The van der Waals surface area contributed by atoms with Gasteiger partial charge in [0, 0.05) is 37.3 Å². The molecular formula is C27H34N4O4S. The number of piperidine rings is 1. The van der Waals surface area contributed by atoms with E-state index in [0.717, 1.165) is 60.4 Å². The van der Waals surface area contributed by atoms with Crippen LogP contribution in [0.5, 0.6) is 11.5 Å². The maximum absolute atomic E-state index is 12.5. The quantitative estimate of drug-likeness (QED) is 0.430. The number of aromatic hydroxyl groups is 1. The molecule has 2 heterocycles. The molecule has 1 aromatic heterocycles. The van der Waals surface area contributed by atoms with Gasteiger partial charge in [-0.2, -0.15) is 4.31 Å². The van der Waals surface area contributed by atoms with Gasteiger partial charge in [-0.3, -0.25) is 0 Å². The first kappa shape index (κ1) is 26.1. The Hall–Kier alpha value is -3.01. The third-order valence-corrected chi connectivity index (χ3v) is 7.76. The van der Waals surface area contributed by atoms with Crippen LogP contribution in [0.1, 0.15) is 36.2 Å². The summed E-state index contributed by atoms with van der Waals surface area (Å²) < 4.78 is 31.9. The highest BCUT2D eigenvalue weighted by atomic mass is 32.2. The molecule has 2 N–H and O–H groups in total. The zero-order valence-corrected chi connectivity index (χ0v) is 21.7. The van der Waals surface area contributed by atoms with E-state index in [0.29, 0.717) is 25.3 Å². The van der Waals surface area contributed by atoms with Crippen LogP contribution in [-0.4, -0.2) is 60.3 Å². The molecule has 192 valence electrons. The summed E-state index contributed by atoms with van der Waals surface area (Å²) >= 11 is 0. The fourth-order valence-corrected chi connectivity index (χ4v) is 5.72. The van der Waals surface area contributed by atoms with Crippen molar-refractivity contribution in [3.63, 3.8) is 0 Å². The molecule has 4 rings (SSSR count). The van der Waals surface area contributed by atoms with Gasteiger partial charge in [0.2, 0.25) is 10.0 Å². The van der Waals surface area contributed by atoms with E-state index in [9.17, 15) is 13.5 Å². The Balaban J connectivity index is 1.44. The molecule has 0 radical (unpaired) electrons. The average Bonchev–Trinajstić information content (AvgIpc) is 2.88. The van der Waals surface area contributed by atoms with Crippen LogP contribution in [0.2, 0.25) is 0 Å². The van der Waals surface area contributed by atoms with Crippen LogP contribution < -0.4 is 10.1 Å². The Bertz CT molecular complexity index is 1280. The first-order valence-electron chi connectivity index (χ1n) is 12.3. The minimum absolute atomic E-state index is 0.0309. The molecule has 9 heteroatoms. The van der Waals surface area contributed by atoms with E-state index in [2.05, 4.69) is 10.3 Å². The van der Waals surface area contributed by atoms with Gasteiger partial charge in [-0.15, -0.1) is 0 Å².